The maximum Gasteiger partial charge on any atom is 0.253 e. The standard InChI is InChI=1S/C12H16ClN3O2/c1-3-5-15-11(17)8(2)16-12(18)9-4-6-14-7-10(9)13/h4,6-8H,3,5H2,1-2H3,(H,15,17)(H,16,18). The molecule has 5 nitrogen and oxygen atoms in total. The van der Waals surface area contributed by atoms with Crippen LogP contribution in [0.1, 0.15) is 30.6 Å². The summed E-state index contributed by atoms with van der Waals surface area (Å²) in [6.45, 7) is 4.17. The first kappa shape index (κ1) is 14.4. The van der Waals surface area contributed by atoms with Gasteiger partial charge in [-0.1, -0.05) is 18.5 Å². The van der Waals surface area contributed by atoms with Gasteiger partial charge < -0.3 is 10.6 Å². The van der Waals surface area contributed by atoms with Crippen LogP contribution in [0, 0.1) is 0 Å². The molecule has 1 atom stereocenters. The monoisotopic (exact) mass is 269 g/mol. The van der Waals surface area contributed by atoms with Gasteiger partial charge in [-0.25, -0.2) is 0 Å². The first-order valence-corrected chi connectivity index (χ1v) is 6.12. The van der Waals surface area contributed by atoms with Gasteiger partial charge in [-0.15, -0.1) is 0 Å². The summed E-state index contributed by atoms with van der Waals surface area (Å²) in [6, 6.07) is 0.905. The minimum atomic E-state index is -0.603. The number of aromatic nitrogens is 1. The fraction of sp³-hybridized carbons (Fsp3) is 0.417. The van der Waals surface area contributed by atoms with E-state index in [0.29, 0.717) is 12.1 Å². The Balaban J connectivity index is 2.60. The number of carbonyl (C=O) groups excluding carboxylic acids is 2. The van der Waals surface area contributed by atoms with Crippen LogP contribution in [-0.2, 0) is 4.79 Å². The molecule has 0 saturated heterocycles. The molecule has 0 aliphatic carbocycles. The SMILES string of the molecule is CCCNC(=O)C(C)NC(=O)c1ccncc1Cl. The molecule has 1 rings (SSSR count). The molecule has 6 heteroatoms. The van der Waals surface area contributed by atoms with Crippen molar-refractivity contribution in [2.75, 3.05) is 6.54 Å². The number of nitrogens with one attached hydrogen (secondary N) is 2. The number of hydrogen-bond donors (Lipinski definition) is 2. The fourth-order valence-electron chi connectivity index (χ4n) is 1.30. The first-order valence-electron chi connectivity index (χ1n) is 5.74. The smallest absolute Gasteiger partial charge is 0.253 e. The Labute approximate surface area is 111 Å². The van der Waals surface area contributed by atoms with E-state index in [9.17, 15) is 9.59 Å². The number of nitrogens with zero attached hydrogens (tertiary/aromatic N) is 1. The van der Waals surface area contributed by atoms with Gasteiger partial charge in [0.05, 0.1) is 10.6 Å². The molecule has 0 bridgehead atoms. The molecule has 1 aromatic heterocycles. The Morgan fingerprint density at radius 1 is 1.50 bits per heavy atom. The van der Waals surface area contributed by atoms with E-state index in [4.69, 9.17) is 11.6 Å². The van der Waals surface area contributed by atoms with Crippen molar-refractivity contribution in [2.45, 2.75) is 26.3 Å². The second kappa shape index (κ2) is 6.96. The lowest BCUT2D eigenvalue weighted by molar-refractivity contribution is -0.122. The lowest BCUT2D eigenvalue weighted by atomic mass is 10.2. The molecule has 1 heterocycles. The summed E-state index contributed by atoms with van der Waals surface area (Å²) >= 11 is 5.84. The van der Waals surface area contributed by atoms with Crippen LogP contribution < -0.4 is 10.6 Å². The summed E-state index contributed by atoms with van der Waals surface area (Å²) in [4.78, 5) is 27.2. The van der Waals surface area contributed by atoms with Crippen molar-refractivity contribution in [2.24, 2.45) is 0 Å². The van der Waals surface area contributed by atoms with Crippen molar-refractivity contribution in [3.8, 4) is 0 Å². The molecule has 2 N–H and O–H groups in total. The highest BCUT2D eigenvalue weighted by atomic mass is 35.5. The predicted octanol–water partition coefficient (Wildman–Crippen LogP) is 1.38. The minimum absolute atomic E-state index is 0.213. The van der Waals surface area contributed by atoms with E-state index in [0.717, 1.165) is 6.42 Å². The molecule has 2 amide bonds. The van der Waals surface area contributed by atoms with E-state index in [2.05, 4.69) is 15.6 Å². The van der Waals surface area contributed by atoms with E-state index < -0.39 is 6.04 Å². The third-order valence-corrected chi connectivity index (χ3v) is 2.61. The maximum atomic E-state index is 11.9. The van der Waals surface area contributed by atoms with Crippen LogP contribution in [0.5, 0.6) is 0 Å². The molecular formula is C12H16ClN3O2. The van der Waals surface area contributed by atoms with Crippen molar-refractivity contribution in [1.29, 1.82) is 0 Å². The Bertz CT molecular complexity index is 437. The van der Waals surface area contributed by atoms with Crippen LogP contribution in [-0.4, -0.2) is 29.4 Å². The topological polar surface area (TPSA) is 71.1 Å². The normalized spacial score (nSPS) is 11.7. The average molecular weight is 270 g/mol. The summed E-state index contributed by atoms with van der Waals surface area (Å²) in [5.41, 5.74) is 0.307. The second-order valence-electron chi connectivity index (χ2n) is 3.84. The van der Waals surface area contributed by atoms with E-state index >= 15 is 0 Å². The number of hydrogen-bond acceptors (Lipinski definition) is 3. The summed E-state index contributed by atoms with van der Waals surface area (Å²) < 4.78 is 0. The lowest BCUT2D eigenvalue weighted by Gasteiger charge is -2.14. The van der Waals surface area contributed by atoms with Crippen molar-refractivity contribution in [1.82, 2.24) is 15.6 Å². The molecular weight excluding hydrogens is 254 g/mol. The highest BCUT2D eigenvalue weighted by Gasteiger charge is 2.17. The molecule has 0 radical (unpaired) electrons. The molecule has 0 saturated carbocycles. The van der Waals surface area contributed by atoms with Gasteiger partial charge in [-0.2, -0.15) is 0 Å². The fourth-order valence-corrected chi connectivity index (χ4v) is 1.51. The van der Waals surface area contributed by atoms with Crippen LogP contribution in [0.3, 0.4) is 0 Å². The van der Waals surface area contributed by atoms with Crippen LogP contribution in [0.15, 0.2) is 18.5 Å². The molecule has 0 aliphatic rings. The zero-order valence-corrected chi connectivity index (χ0v) is 11.1. The van der Waals surface area contributed by atoms with Gasteiger partial charge in [-0.3, -0.25) is 14.6 Å². The highest BCUT2D eigenvalue weighted by molar-refractivity contribution is 6.33. The van der Waals surface area contributed by atoms with Gasteiger partial charge in [0.1, 0.15) is 6.04 Å². The Hall–Kier alpha value is -1.62. The van der Waals surface area contributed by atoms with Crippen molar-refractivity contribution >= 4 is 23.4 Å². The molecule has 0 fully saturated rings. The summed E-state index contributed by atoms with van der Waals surface area (Å²) in [6.07, 6.45) is 3.71. The molecule has 0 spiro atoms. The first-order chi connectivity index (χ1) is 8.56. The van der Waals surface area contributed by atoms with Crippen LogP contribution in [0.2, 0.25) is 5.02 Å². The molecule has 1 aromatic rings. The predicted molar refractivity (Wildman–Crippen MR) is 69.5 cm³/mol. The van der Waals surface area contributed by atoms with Gasteiger partial charge in [-0.05, 0) is 19.4 Å². The number of pyridine rings is 1. The number of halogens is 1. The molecule has 1 unspecified atom stereocenters. The van der Waals surface area contributed by atoms with E-state index in [1.807, 2.05) is 6.92 Å². The maximum absolute atomic E-state index is 11.9. The van der Waals surface area contributed by atoms with Gasteiger partial charge in [0, 0.05) is 18.9 Å². The van der Waals surface area contributed by atoms with Crippen molar-refractivity contribution in [3.05, 3.63) is 29.0 Å². The van der Waals surface area contributed by atoms with Crippen LogP contribution in [0.4, 0.5) is 0 Å². The highest BCUT2D eigenvalue weighted by Crippen LogP contribution is 2.12. The zero-order chi connectivity index (χ0) is 13.5. The molecule has 0 aromatic carbocycles. The van der Waals surface area contributed by atoms with E-state index in [1.54, 1.807) is 6.92 Å². The summed E-state index contributed by atoms with van der Waals surface area (Å²) in [5.74, 6) is -0.600. The zero-order valence-electron chi connectivity index (χ0n) is 10.4. The van der Waals surface area contributed by atoms with Crippen LogP contribution >= 0.6 is 11.6 Å². The largest absolute Gasteiger partial charge is 0.354 e. The minimum Gasteiger partial charge on any atom is -0.354 e. The Morgan fingerprint density at radius 3 is 2.83 bits per heavy atom. The summed E-state index contributed by atoms with van der Waals surface area (Å²) in [5, 5.41) is 5.55. The lowest BCUT2D eigenvalue weighted by Crippen LogP contribution is -2.45. The van der Waals surface area contributed by atoms with Crippen molar-refractivity contribution in [3.63, 3.8) is 0 Å². The third-order valence-electron chi connectivity index (χ3n) is 2.31. The number of rotatable bonds is 5. The van der Waals surface area contributed by atoms with Gasteiger partial charge in [0.15, 0.2) is 0 Å². The summed E-state index contributed by atoms with van der Waals surface area (Å²) in [7, 11) is 0. The average Bonchev–Trinajstić information content (AvgIpc) is 2.36. The molecule has 98 valence electrons. The second-order valence-corrected chi connectivity index (χ2v) is 4.25. The Kier molecular flexibility index (Phi) is 5.58. The number of amides is 2. The van der Waals surface area contributed by atoms with Crippen molar-refractivity contribution < 1.29 is 9.59 Å². The molecule has 18 heavy (non-hydrogen) atoms. The quantitative estimate of drug-likeness (QED) is 0.848. The number of carbonyl (C=O) groups is 2. The third kappa shape index (κ3) is 4.00. The van der Waals surface area contributed by atoms with Gasteiger partial charge in [0.2, 0.25) is 5.91 Å². The van der Waals surface area contributed by atoms with Gasteiger partial charge in [0.25, 0.3) is 5.91 Å². The van der Waals surface area contributed by atoms with Gasteiger partial charge >= 0.3 is 0 Å². The van der Waals surface area contributed by atoms with E-state index in [1.165, 1.54) is 18.5 Å². The Morgan fingerprint density at radius 2 is 2.22 bits per heavy atom. The van der Waals surface area contributed by atoms with E-state index in [-0.39, 0.29) is 16.8 Å². The van der Waals surface area contributed by atoms with Crippen LogP contribution in [0.25, 0.3) is 0 Å². The molecule has 0 aliphatic heterocycles.